The molecule has 4 heteroatoms. The average molecular weight is 286 g/mol. The summed E-state index contributed by atoms with van der Waals surface area (Å²) in [5, 5.41) is 3.41. The molecule has 0 aliphatic heterocycles. The lowest BCUT2D eigenvalue weighted by Gasteiger charge is -2.16. The van der Waals surface area contributed by atoms with Crippen molar-refractivity contribution in [1.29, 1.82) is 0 Å². The number of hydrogen-bond donors (Lipinski definition) is 1. The predicted molar refractivity (Wildman–Crippen MR) is 83.5 cm³/mol. The smallest absolute Gasteiger partial charge is 0.166 e. The standard InChI is InChI=1S/C17H22N2O2/c1-13(2)19-11-15-5-4-6-16(20-3)17(15)21-12-14-7-9-18-10-8-14/h4-10,13,19H,11-12H2,1-3H3. The highest BCUT2D eigenvalue weighted by molar-refractivity contribution is 5.46. The molecule has 0 aliphatic carbocycles. The number of hydrogen-bond acceptors (Lipinski definition) is 4. The number of nitrogens with zero attached hydrogens (tertiary/aromatic N) is 1. The summed E-state index contributed by atoms with van der Waals surface area (Å²) in [4.78, 5) is 4.01. The van der Waals surface area contributed by atoms with Crippen molar-refractivity contribution in [2.24, 2.45) is 0 Å². The van der Waals surface area contributed by atoms with Crippen LogP contribution < -0.4 is 14.8 Å². The summed E-state index contributed by atoms with van der Waals surface area (Å²) in [5.41, 5.74) is 2.18. The molecule has 112 valence electrons. The Kier molecular flexibility index (Phi) is 5.58. The van der Waals surface area contributed by atoms with Crippen molar-refractivity contribution in [2.75, 3.05) is 7.11 Å². The fraction of sp³-hybridized carbons (Fsp3) is 0.353. The molecule has 2 rings (SSSR count). The van der Waals surface area contributed by atoms with Gasteiger partial charge >= 0.3 is 0 Å². The van der Waals surface area contributed by atoms with E-state index in [2.05, 4.69) is 30.2 Å². The van der Waals surface area contributed by atoms with Crippen molar-refractivity contribution in [1.82, 2.24) is 10.3 Å². The molecule has 0 radical (unpaired) electrons. The molecule has 0 spiro atoms. The number of pyridine rings is 1. The van der Waals surface area contributed by atoms with E-state index >= 15 is 0 Å². The van der Waals surface area contributed by atoms with Crippen molar-refractivity contribution >= 4 is 0 Å². The fourth-order valence-electron chi connectivity index (χ4n) is 1.97. The van der Waals surface area contributed by atoms with E-state index in [-0.39, 0.29) is 0 Å². The highest BCUT2D eigenvalue weighted by Crippen LogP contribution is 2.31. The largest absolute Gasteiger partial charge is 0.493 e. The molecule has 4 nitrogen and oxygen atoms in total. The first-order valence-electron chi connectivity index (χ1n) is 7.11. The molecule has 2 aromatic rings. The van der Waals surface area contributed by atoms with E-state index in [9.17, 15) is 0 Å². The first kappa shape index (κ1) is 15.3. The average Bonchev–Trinajstić information content (AvgIpc) is 2.52. The van der Waals surface area contributed by atoms with Crippen LogP contribution in [0.25, 0.3) is 0 Å². The third-order valence-corrected chi connectivity index (χ3v) is 3.11. The van der Waals surface area contributed by atoms with Gasteiger partial charge in [-0.25, -0.2) is 0 Å². The molecule has 1 aromatic heterocycles. The van der Waals surface area contributed by atoms with Crippen LogP contribution in [-0.2, 0) is 13.2 Å². The Morgan fingerprint density at radius 1 is 1.14 bits per heavy atom. The van der Waals surface area contributed by atoms with Crippen LogP contribution in [0.3, 0.4) is 0 Å². The van der Waals surface area contributed by atoms with Crippen LogP contribution in [0.5, 0.6) is 11.5 Å². The maximum atomic E-state index is 5.98. The van der Waals surface area contributed by atoms with Gasteiger partial charge in [0.1, 0.15) is 6.61 Å². The highest BCUT2D eigenvalue weighted by Gasteiger charge is 2.11. The first-order chi connectivity index (χ1) is 10.2. The maximum Gasteiger partial charge on any atom is 0.166 e. The normalized spacial score (nSPS) is 10.7. The van der Waals surface area contributed by atoms with Crippen LogP contribution in [0.1, 0.15) is 25.0 Å². The Hall–Kier alpha value is -2.07. The fourth-order valence-corrected chi connectivity index (χ4v) is 1.97. The van der Waals surface area contributed by atoms with Crippen LogP contribution in [0.4, 0.5) is 0 Å². The summed E-state index contributed by atoms with van der Waals surface area (Å²) in [6, 6.07) is 10.3. The second kappa shape index (κ2) is 7.64. The third kappa shape index (κ3) is 4.46. The van der Waals surface area contributed by atoms with E-state index in [4.69, 9.17) is 9.47 Å². The van der Waals surface area contributed by atoms with E-state index < -0.39 is 0 Å². The van der Waals surface area contributed by atoms with Gasteiger partial charge in [-0.2, -0.15) is 0 Å². The minimum atomic E-state index is 0.421. The Balaban J connectivity index is 2.14. The number of methoxy groups -OCH3 is 1. The second-order valence-corrected chi connectivity index (χ2v) is 5.13. The first-order valence-corrected chi connectivity index (χ1v) is 7.11. The lowest BCUT2D eigenvalue weighted by molar-refractivity contribution is 0.280. The van der Waals surface area contributed by atoms with E-state index in [0.29, 0.717) is 12.6 Å². The summed E-state index contributed by atoms with van der Waals surface area (Å²) < 4.78 is 11.4. The number of rotatable bonds is 7. The second-order valence-electron chi connectivity index (χ2n) is 5.13. The summed E-state index contributed by atoms with van der Waals surface area (Å²) >= 11 is 0. The quantitative estimate of drug-likeness (QED) is 0.849. The van der Waals surface area contributed by atoms with E-state index in [1.54, 1.807) is 19.5 Å². The van der Waals surface area contributed by atoms with Gasteiger partial charge in [-0.1, -0.05) is 26.0 Å². The molecule has 1 heterocycles. The van der Waals surface area contributed by atoms with Crippen molar-refractivity contribution in [3.05, 3.63) is 53.9 Å². The number of ether oxygens (including phenoxy) is 2. The van der Waals surface area contributed by atoms with Crippen molar-refractivity contribution in [3.8, 4) is 11.5 Å². The van der Waals surface area contributed by atoms with Gasteiger partial charge in [0, 0.05) is 30.5 Å². The van der Waals surface area contributed by atoms with Gasteiger partial charge in [0.05, 0.1) is 7.11 Å². The molecule has 0 amide bonds. The van der Waals surface area contributed by atoms with Gasteiger partial charge in [-0.15, -0.1) is 0 Å². The summed E-state index contributed by atoms with van der Waals surface area (Å²) in [6.45, 7) is 5.49. The number of nitrogens with one attached hydrogen (secondary N) is 1. The van der Waals surface area contributed by atoms with E-state index in [1.807, 2.05) is 24.3 Å². The molecule has 0 saturated heterocycles. The van der Waals surface area contributed by atoms with Gasteiger partial charge in [0.25, 0.3) is 0 Å². The van der Waals surface area contributed by atoms with Crippen molar-refractivity contribution < 1.29 is 9.47 Å². The van der Waals surface area contributed by atoms with Gasteiger partial charge < -0.3 is 14.8 Å². The Bertz CT molecular complexity index is 556. The zero-order chi connectivity index (χ0) is 15.1. The lowest BCUT2D eigenvalue weighted by atomic mass is 10.1. The lowest BCUT2D eigenvalue weighted by Crippen LogP contribution is -2.22. The van der Waals surface area contributed by atoms with Crippen LogP contribution in [0.2, 0.25) is 0 Å². The van der Waals surface area contributed by atoms with Crippen LogP contribution in [0, 0.1) is 0 Å². The number of aromatic nitrogens is 1. The van der Waals surface area contributed by atoms with Gasteiger partial charge in [0.2, 0.25) is 0 Å². The maximum absolute atomic E-state index is 5.98. The Morgan fingerprint density at radius 2 is 1.90 bits per heavy atom. The zero-order valence-electron chi connectivity index (χ0n) is 12.8. The minimum Gasteiger partial charge on any atom is -0.493 e. The number of para-hydroxylation sites is 1. The minimum absolute atomic E-state index is 0.421. The molecule has 0 saturated carbocycles. The molecule has 1 aromatic carbocycles. The molecule has 0 atom stereocenters. The third-order valence-electron chi connectivity index (χ3n) is 3.11. The topological polar surface area (TPSA) is 43.4 Å². The van der Waals surface area contributed by atoms with E-state index in [1.165, 1.54) is 0 Å². The molecule has 0 fully saturated rings. The molecular formula is C17H22N2O2. The van der Waals surface area contributed by atoms with Gasteiger partial charge in [-0.3, -0.25) is 4.98 Å². The van der Waals surface area contributed by atoms with Crippen LogP contribution >= 0.6 is 0 Å². The van der Waals surface area contributed by atoms with Crippen LogP contribution in [0.15, 0.2) is 42.7 Å². The molecule has 0 aliphatic rings. The summed E-state index contributed by atoms with van der Waals surface area (Å²) in [7, 11) is 1.66. The molecular weight excluding hydrogens is 264 g/mol. The van der Waals surface area contributed by atoms with Gasteiger partial charge in [-0.05, 0) is 23.8 Å². The summed E-state index contributed by atoms with van der Waals surface area (Å²) in [6.07, 6.45) is 3.53. The van der Waals surface area contributed by atoms with Gasteiger partial charge in [0.15, 0.2) is 11.5 Å². The highest BCUT2D eigenvalue weighted by atomic mass is 16.5. The molecule has 0 bridgehead atoms. The zero-order valence-corrected chi connectivity index (χ0v) is 12.8. The Morgan fingerprint density at radius 3 is 2.57 bits per heavy atom. The molecule has 21 heavy (non-hydrogen) atoms. The number of benzene rings is 1. The van der Waals surface area contributed by atoms with Crippen LogP contribution in [-0.4, -0.2) is 18.1 Å². The molecule has 0 unspecified atom stereocenters. The SMILES string of the molecule is COc1cccc(CNC(C)C)c1OCc1ccncc1. The predicted octanol–water partition coefficient (Wildman–Crippen LogP) is 3.17. The van der Waals surface area contributed by atoms with Crippen molar-refractivity contribution in [2.45, 2.75) is 33.0 Å². The Labute approximate surface area is 126 Å². The molecule has 1 N–H and O–H groups in total. The van der Waals surface area contributed by atoms with E-state index in [0.717, 1.165) is 29.2 Å². The van der Waals surface area contributed by atoms with Crippen molar-refractivity contribution in [3.63, 3.8) is 0 Å². The monoisotopic (exact) mass is 286 g/mol. The summed E-state index contributed by atoms with van der Waals surface area (Å²) in [5.74, 6) is 1.55.